The Labute approximate surface area is 96.1 Å². The van der Waals surface area contributed by atoms with Crippen molar-refractivity contribution >= 4 is 11.9 Å². The number of carbonyl (C=O) groups is 2. The van der Waals surface area contributed by atoms with E-state index >= 15 is 0 Å². The van der Waals surface area contributed by atoms with Crippen LogP contribution < -0.4 is 10.7 Å². The molecule has 17 heavy (non-hydrogen) atoms. The van der Waals surface area contributed by atoms with Crippen LogP contribution in [-0.4, -0.2) is 39.7 Å². The van der Waals surface area contributed by atoms with Crippen molar-refractivity contribution in [2.75, 3.05) is 6.61 Å². The second-order valence-corrected chi connectivity index (χ2v) is 3.30. The molecule has 1 aromatic rings. The van der Waals surface area contributed by atoms with E-state index < -0.39 is 23.3 Å². The fourth-order valence-electron chi connectivity index (χ4n) is 1.22. The van der Waals surface area contributed by atoms with E-state index in [1.165, 1.54) is 12.4 Å². The van der Waals surface area contributed by atoms with E-state index in [2.05, 4.69) is 10.3 Å². The number of aromatic amines is 1. The van der Waals surface area contributed by atoms with Crippen LogP contribution in [0.25, 0.3) is 0 Å². The maximum absolute atomic E-state index is 11.6. The first kappa shape index (κ1) is 12.9. The number of rotatable bonds is 5. The van der Waals surface area contributed by atoms with Crippen molar-refractivity contribution in [2.45, 2.75) is 12.5 Å². The normalized spacial score (nSPS) is 11.8. The van der Waals surface area contributed by atoms with Gasteiger partial charge in [0.2, 0.25) is 0 Å². The van der Waals surface area contributed by atoms with Crippen molar-refractivity contribution in [1.82, 2.24) is 10.3 Å². The first-order chi connectivity index (χ1) is 8.06. The summed E-state index contributed by atoms with van der Waals surface area (Å²) in [7, 11) is 0. The van der Waals surface area contributed by atoms with Gasteiger partial charge in [0.05, 0.1) is 0 Å². The van der Waals surface area contributed by atoms with Crippen molar-refractivity contribution in [2.24, 2.45) is 0 Å². The summed E-state index contributed by atoms with van der Waals surface area (Å²) in [5.41, 5.74) is -0.675. The van der Waals surface area contributed by atoms with E-state index in [0.29, 0.717) is 0 Å². The second kappa shape index (κ2) is 5.80. The van der Waals surface area contributed by atoms with Gasteiger partial charge in [0.25, 0.3) is 5.91 Å². The topological polar surface area (TPSA) is 119 Å². The predicted octanol–water partition coefficient (Wildman–Crippen LogP) is -1.06. The lowest BCUT2D eigenvalue weighted by atomic mass is 10.2. The molecule has 1 rings (SSSR count). The number of nitrogens with one attached hydrogen (secondary N) is 2. The number of H-pyrrole nitrogens is 1. The minimum atomic E-state index is -1.26. The molecule has 92 valence electrons. The monoisotopic (exact) mass is 240 g/mol. The highest BCUT2D eigenvalue weighted by Gasteiger charge is 2.21. The molecule has 0 spiro atoms. The Morgan fingerprint density at radius 3 is 2.71 bits per heavy atom. The maximum atomic E-state index is 11.6. The molecular formula is C10H12N2O5. The molecule has 7 nitrogen and oxygen atoms in total. The van der Waals surface area contributed by atoms with Gasteiger partial charge in [-0.15, -0.1) is 0 Å². The number of aromatic nitrogens is 1. The lowest BCUT2D eigenvalue weighted by Gasteiger charge is -2.12. The Morgan fingerprint density at radius 2 is 2.18 bits per heavy atom. The molecular weight excluding hydrogens is 228 g/mol. The third kappa shape index (κ3) is 3.42. The molecule has 0 aliphatic heterocycles. The Bertz CT molecular complexity index is 468. The van der Waals surface area contributed by atoms with Gasteiger partial charge in [-0.05, 0) is 0 Å². The van der Waals surface area contributed by atoms with E-state index in [0.717, 1.165) is 6.07 Å². The van der Waals surface area contributed by atoms with Crippen LogP contribution in [0.2, 0.25) is 0 Å². The molecule has 0 aliphatic rings. The molecule has 0 aromatic carbocycles. The van der Waals surface area contributed by atoms with Crippen molar-refractivity contribution in [3.05, 3.63) is 34.2 Å². The Hall–Kier alpha value is -2.15. The Balaban J connectivity index is 2.81. The number of hydrogen-bond donors (Lipinski definition) is 4. The highest BCUT2D eigenvalue weighted by molar-refractivity contribution is 5.96. The van der Waals surface area contributed by atoms with Gasteiger partial charge < -0.3 is 20.5 Å². The standard InChI is InChI=1S/C10H12N2O5/c13-4-2-7(10(16)17)12-9(15)6-5-11-3-1-8(6)14/h1,3,5,7,13H,2,4H2,(H,11,14)(H,12,15)(H,16,17). The van der Waals surface area contributed by atoms with Crippen LogP contribution in [0.1, 0.15) is 16.8 Å². The van der Waals surface area contributed by atoms with Gasteiger partial charge in [0, 0.05) is 31.5 Å². The molecule has 1 atom stereocenters. The fraction of sp³-hybridized carbons (Fsp3) is 0.300. The van der Waals surface area contributed by atoms with Crippen LogP contribution in [0.5, 0.6) is 0 Å². The molecule has 1 amide bonds. The van der Waals surface area contributed by atoms with Crippen molar-refractivity contribution < 1.29 is 19.8 Å². The summed E-state index contributed by atoms with van der Waals surface area (Å²) < 4.78 is 0. The third-order valence-electron chi connectivity index (χ3n) is 2.09. The predicted molar refractivity (Wildman–Crippen MR) is 57.7 cm³/mol. The smallest absolute Gasteiger partial charge is 0.326 e. The van der Waals surface area contributed by atoms with Gasteiger partial charge in [-0.2, -0.15) is 0 Å². The van der Waals surface area contributed by atoms with Crippen molar-refractivity contribution in [3.63, 3.8) is 0 Å². The van der Waals surface area contributed by atoms with Gasteiger partial charge in [-0.1, -0.05) is 0 Å². The average molecular weight is 240 g/mol. The first-order valence-corrected chi connectivity index (χ1v) is 4.88. The molecule has 0 bridgehead atoms. The van der Waals surface area contributed by atoms with Crippen LogP contribution in [0, 0.1) is 0 Å². The van der Waals surface area contributed by atoms with Crippen LogP contribution in [0.4, 0.5) is 0 Å². The minimum absolute atomic E-state index is 0.119. The number of aliphatic hydroxyl groups excluding tert-OH is 1. The highest BCUT2D eigenvalue weighted by Crippen LogP contribution is 1.95. The number of carboxylic acid groups (broad SMARTS) is 1. The zero-order valence-electron chi connectivity index (χ0n) is 8.84. The average Bonchev–Trinajstić information content (AvgIpc) is 2.28. The number of aliphatic carboxylic acids is 1. The summed E-state index contributed by atoms with van der Waals surface area (Å²) in [6.07, 6.45) is 2.43. The van der Waals surface area contributed by atoms with E-state index in [-0.39, 0.29) is 18.6 Å². The fourth-order valence-corrected chi connectivity index (χ4v) is 1.22. The van der Waals surface area contributed by atoms with Gasteiger partial charge in [0.1, 0.15) is 11.6 Å². The number of carbonyl (C=O) groups excluding carboxylic acids is 1. The largest absolute Gasteiger partial charge is 0.480 e. The molecule has 0 aliphatic carbocycles. The molecule has 1 aromatic heterocycles. The maximum Gasteiger partial charge on any atom is 0.326 e. The molecule has 4 N–H and O–H groups in total. The third-order valence-corrected chi connectivity index (χ3v) is 2.09. The minimum Gasteiger partial charge on any atom is -0.480 e. The van der Waals surface area contributed by atoms with Crippen LogP contribution in [0.15, 0.2) is 23.3 Å². The Kier molecular flexibility index (Phi) is 4.41. The number of aliphatic hydroxyl groups is 1. The van der Waals surface area contributed by atoms with Gasteiger partial charge in [-0.3, -0.25) is 9.59 Å². The summed E-state index contributed by atoms with van der Waals surface area (Å²) in [5.74, 6) is -2.05. The SMILES string of the molecule is O=C(NC(CCO)C(=O)O)c1c[nH]ccc1=O. The van der Waals surface area contributed by atoms with E-state index in [9.17, 15) is 14.4 Å². The van der Waals surface area contributed by atoms with E-state index in [1.807, 2.05) is 0 Å². The molecule has 1 heterocycles. The summed E-state index contributed by atoms with van der Waals surface area (Å²) in [6, 6.07) is -0.0522. The molecule has 0 fully saturated rings. The van der Waals surface area contributed by atoms with Crippen molar-refractivity contribution in [1.29, 1.82) is 0 Å². The summed E-state index contributed by atoms with van der Waals surface area (Å²) in [6.45, 7) is -0.373. The van der Waals surface area contributed by atoms with Gasteiger partial charge in [0.15, 0.2) is 5.43 Å². The van der Waals surface area contributed by atoms with Crippen LogP contribution in [0.3, 0.4) is 0 Å². The quantitative estimate of drug-likeness (QED) is 0.523. The van der Waals surface area contributed by atoms with E-state index in [1.54, 1.807) is 0 Å². The van der Waals surface area contributed by atoms with E-state index in [4.69, 9.17) is 10.2 Å². The van der Waals surface area contributed by atoms with Gasteiger partial charge >= 0.3 is 5.97 Å². The molecule has 0 saturated carbocycles. The lowest BCUT2D eigenvalue weighted by molar-refractivity contribution is -0.139. The Morgan fingerprint density at radius 1 is 1.47 bits per heavy atom. The molecule has 7 heteroatoms. The summed E-state index contributed by atoms with van der Waals surface area (Å²) in [4.78, 5) is 36.2. The zero-order chi connectivity index (χ0) is 12.8. The zero-order valence-corrected chi connectivity index (χ0v) is 8.84. The van der Waals surface area contributed by atoms with Crippen molar-refractivity contribution in [3.8, 4) is 0 Å². The van der Waals surface area contributed by atoms with Crippen LogP contribution >= 0.6 is 0 Å². The summed E-state index contributed by atoms with van der Waals surface area (Å²) in [5, 5.41) is 19.6. The number of amides is 1. The first-order valence-electron chi connectivity index (χ1n) is 4.88. The number of carboxylic acids is 1. The molecule has 1 unspecified atom stereocenters. The molecule has 0 saturated heterocycles. The number of pyridine rings is 1. The van der Waals surface area contributed by atoms with Crippen LogP contribution in [-0.2, 0) is 4.79 Å². The van der Waals surface area contributed by atoms with Gasteiger partial charge in [-0.25, -0.2) is 4.79 Å². The number of hydrogen-bond acceptors (Lipinski definition) is 4. The molecule has 0 radical (unpaired) electrons. The highest BCUT2D eigenvalue weighted by atomic mass is 16.4. The lowest BCUT2D eigenvalue weighted by Crippen LogP contribution is -2.42. The summed E-state index contributed by atoms with van der Waals surface area (Å²) >= 11 is 0. The second-order valence-electron chi connectivity index (χ2n) is 3.30.